The van der Waals surface area contributed by atoms with E-state index >= 15 is 0 Å². The summed E-state index contributed by atoms with van der Waals surface area (Å²) in [6.45, 7) is 6.81. The number of hydrogen-bond donors (Lipinski definition) is 1. The minimum absolute atomic E-state index is 0. The predicted octanol–water partition coefficient (Wildman–Crippen LogP) is 3.08. The molecule has 2 aromatic rings. The molecule has 9 heteroatoms. The van der Waals surface area contributed by atoms with E-state index in [-0.39, 0.29) is 24.0 Å². The van der Waals surface area contributed by atoms with Gasteiger partial charge in [0.2, 0.25) is 0 Å². The molecule has 0 aliphatic carbocycles. The predicted molar refractivity (Wildman–Crippen MR) is 141 cm³/mol. The van der Waals surface area contributed by atoms with Gasteiger partial charge in [-0.15, -0.1) is 24.0 Å². The number of nitrogens with one attached hydrogen (secondary N) is 1. The molecule has 2 atom stereocenters. The molecular formula is C24H37IN6O2. The zero-order valence-electron chi connectivity index (χ0n) is 19.9. The van der Waals surface area contributed by atoms with Gasteiger partial charge in [0, 0.05) is 58.4 Å². The summed E-state index contributed by atoms with van der Waals surface area (Å²) in [5.41, 5.74) is 2.35. The largest absolute Gasteiger partial charge is 0.497 e. The average molecular weight is 569 g/mol. The summed E-state index contributed by atoms with van der Waals surface area (Å²) >= 11 is 0. The van der Waals surface area contributed by atoms with Crippen molar-refractivity contribution < 1.29 is 9.26 Å². The fourth-order valence-electron chi connectivity index (χ4n) is 5.02. The number of methoxy groups -OCH3 is 1. The first kappa shape index (κ1) is 25.8. The highest BCUT2D eigenvalue weighted by molar-refractivity contribution is 14.0. The summed E-state index contributed by atoms with van der Waals surface area (Å²) in [6, 6.07) is 10.9. The first-order valence-corrected chi connectivity index (χ1v) is 11.6. The molecule has 8 nitrogen and oxygen atoms in total. The number of aliphatic imine (C=N–C) groups is 1. The molecule has 0 bridgehead atoms. The molecule has 0 radical (unpaired) electrons. The molecular weight excluding hydrogens is 531 g/mol. The second kappa shape index (κ2) is 12.6. The lowest BCUT2D eigenvalue weighted by atomic mass is 9.85. The van der Waals surface area contributed by atoms with Gasteiger partial charge in [-0.05, 0) is 50.0 Å². The number of aromatic nitrogens is 1. The maximum Gasteiger partial charge on any atom is 0.193 e. The Balaban J connectivity index is 0.00000306. The van der Waals surface area contributed by atoms with Gasteiger partial charge in [0.1, 0.15) is 12.0 Å². The second-order valence-corrected chi connectivity index (χ2v) is 8.78. The summed E-state index contributed by atoms with van der Waals surface area (Å²) in [5, 5.41) is 7.72. The molecule has 0 amide bonds. The number of likely N-dealkylation sites (tertiary alicyclic amines) is 1. The number of nitrogens with zero attached hydrogens (tertiary/aromatic N) is 5. The first-order chi connectivity index (χ1) is 15.7. The molecule has 0 spiro atoms. The van der Waals surface area contributed by atoms with E-state index in [1.54, 1.807) is 13.4 Å². The van der Waals surface area contributed by atoms with Crippen LogP contribution in [0.1, 0.15) is 30.1 Å². The number of piperazine rings is 1. The van der Waals surface area contributed by atoms with Gasteiger partial charge in [0.25, 0.3) is 0 Å². The second-order valence-electron chi connectivity index (χ2n) is 8.78. The summed E-state index contributed by atoms with van der Waals surface area (Å²) in [5.74, 6) is 2.45. The van der Waals surface area contributed by atoms with E-state index in [0.29, 0.717) is 12.0 Å². The van der Waals surface area contributed by atoms with E-state index in [1.807, 2.05) is 13.1 Å². The summed E-state index contributed by atoms with van der Waals surface area (Å²) in [7, 11) is 5.84. The number of rotatable bonds is 6. The lowest BCUT2D eigenvalue weighted by molar-refractivity contribution is 0.121. The van der Waals surface area contributed by atoms with Crippen molar-refractivity contribution in [3.8, 4) is 5.75 Å². The molecule has 1 aromatic carbocycles. The van der Waals surface area contributed by atoms with Gasteiger partial charge in [-0.3, -0.25) is 14.8 Å². The zero-order chi connectivity index (χ0) is 22.3. The van der Waals surface area contributed by atoms with Crippen LogP contribution in [-0.2, 0) is 6.54 Å². The summed E-state index contributed by atoms with van der Waals surface area (Å²) in [6.07, 6.45) is 4.09. The molecule has 182 valence electrons. The third-order valence-electron chi connectivity index (χ3n) is 6.75. The molecule has 2 unspecified atom stereocenters. The standard InChI is InChI=1S/C24H36N6O2.HI/c1-25-24(30-14-12-29(13-15-30)18-21-10-16-32-27-21)26-17-20-5-4-11-28(2)23(20)19-6-8-22(31-3)9-7-19;/h6-10,16,20,23H,4-5,11-15,17-18H2,1-3H3,(H,25,26);1H. The summed E-state index contributed by atoms with van der Waals surface area (Å²) in [4.78, 5) is 11.9. The Morgan fingerprint density at radius 2 is 1.91 bits per heavy atom. The number of benzene rings is 1. The van der Waals surface area contributed by atoms with Crippen molar-refractivity contribution in [1.29, 1.82) is 0 Å². The Morgan fingerprint density at radius 1 is 1.15 bits per heavy atom. The van der Waals surface area contributed by atoms with Crippen molar-refractivity contribution in [2.75, 3.05) is 60.5 Å². The van der Waals surface area contributed by atoms with Gasteiger partial charge in [0.05, 0.1) is 12.8 Å². The van der Waals surface area contributed by atoms with Crippen LogP contribution >= 0.6 is 24.0 Å². The van der Waals surface area contributed by atoms with E-state index in [1.165, 1.54) is 18.4 Å². The number of hydrogen-bond acceptors (Lipinski definition) is 6. The summed E-state index contributed by atoms with van der Waals surface area (Å²) < 4.78 is 10.3. The van der Waals surface area contributed by atoms with Crippen LogP contribution in [0.3, 0.4) is 0 Å². The van der Waals surface area contributed by atoms with E-state index in [9.17, 15) is 0 Å². The lowest BCUT2D eigenvalue weighted by Gasteiger charge is -2.41. The van der Waals surface area contributed by atoms with Crippen LogP contribution in [-0.4, -0.2) is 86.3 Å². The molecule has 2 saturated heterocycles. The van der Waals surface area contributed by atoms with Crippen LogP contribution in [0.2, 0.25) is 0 Å². The van der Waals surface area contributed by atoms with Crippen molar-refractivity contribution in [2.45, 2.75) is 25.4 Å². The fraction of sp³-hybridized carbons (Fsp3) is 0.583. The SMILES string of the molecule is CN=C(NCC1CCCN(C)C1c1ccc(OC)cc1)N1CCN(Cc2ccon2)CC1.I. The molecule has 3 heterocycles. The van der Waals surface area contributed by atoms with Crippen molar-refractivity contribution >= 4 is 29.9 Å². The highest BCUT2D eigenvalue weighted by Gasteiger charge is 2.31. The van der Waals surface area contributed by atoms with Crippen molar-refractivity contribution in [1.82, 2.24) is 25.2 Å². The van der Waals surface area contributed by atoms with Crippen molar-refractivity contribution in [3.05, 3.63) is 47.9 Å². The molecule has 0 saturated carbocycles. The molecule has 2 fully saturated rings. The highest BCUT2D eigenvalue weighted by Crippen LogP contribution is 2.35. The minimum Gasteiger partial charge on any atom is -0.497 e. The highest BCUT2D eigenvalue weighted by atomic mass is 127. The minimum atomic E-state index is 0. The quantitative estimate of drug-likeness (QED) is 0.327. The molecule has 1 N–H and O–H groups in total. The van der Waals surface area contributed by atoms with Crippen LogP contribution in [0.5, 0.6) is 5.75 Å². The molecule has 33 heavy (non-hydrogen) atoms. The third kappa shape index (κ3) is 6.60. The van der Waals surface area contributed by atoms with Gasteiger partial charge < -0.3 is 19.5 Å². The Morgan fingerprint density at radius 3 is 2.55 bits per heavy atom. The van der Waals surface area contributed by atoms with E-state index < -0.39 is 0 Å². The van der Waals surface area contributed by atoms with Gasteiger partial charge in [-0.25, -0.2) is 0 Å². The van der Waals surface area contributed by atoms with Crippen molar-refractivity contribution in [2.24, 2.45) is 10.9 Å². The third-order valence-corrected chi connectivity index (χ3v) is 6.75. The van der Waals surface area contributed by atoms with Gasteiger partial charge in [0.15, 0.2) is 5.96 Å². The molecule has 2 aliphatic heterocycles. The van der Waals surface area contributed by atoms with Crippen LogP contribution < -0.4 is 10.1 Å². The Hall–Kier alpha value is -1.85. The topological polar surface area (TPSA) is 69.4 Å². The fourth-order valence-corrected chi connectivity index (χ4v) is 5.02. The van der Waals surface area contributed by atoms with Crippen LogP contribution in [0.4, 0.5) is 0 Å². The Bertz CT molecular complexity index is 852. The van der Waals surface area contributed by atoms with Crippen molar-refractivity contribution in [3.63, 3.8) is 0 Å². The average Bonchev–Trinajstić information content (AvgIpc) is 3.34. The van der Waals surface area contributed by atoms with Gasteiger partial charge >= 0.3 is 0 Å². The first-order valence-electron chi connectivity index (χ1n) is 11.6. The Labute approximate surface area is 214 Å². The lowest BCUT2D eigenvalue weighted by Crippen LogP contribution is -2.53. The number of halogens is 1. The van der Waals surface area contributed by atoms with Crippen LogP contribution in [0.15, 0.2) is 46.1 Å². The monoisotopic (exact) mass is 568 g/mol. The zero-order valence-corrected chi connectivity index (χ0v) is 22.3. The number of piperidine rings is 1. The van der Waals surface area contributed by atoms with Gasteiger partial charge in [-0.1, -0.05) is 17.3 Å². The Kier molecular flexibility index (Phi) is 9.81. The van der Waals surface area contributed by atoms with E-state index in [4.69, 9.17) is 9.26 Å². The smallest absolute Gasteiger partial charge is 0.193 e. The van der Waals surface area contributed by atoms with Crippen LogP contribution in [0.25, 0.3) is 0 Å². The van der Waals surface area contributed by atoms with Gasteiger partial charge in [-0.2, -0.15) is 0 Å². The number of ether oxygens (including phenoxy) is 1. The maximum atomic E-state index is 5.35. The maximum absolute atomic E-state index is 5.35. The molecule has 2 aliphatic rings. The molecule has 1 aromatic heterocycles. The van der Waals surface area contributed by atoms with E-state index in [2.05, 4.69) is 61.5 Å². The molecule has 4 rings (SSSR count). The normalized spacial score (nSPS) is 22.6. The number of guanidine groups is 1. The van der Waals surface area contributed by atoms with E-state index in [0.717, 1.165) is 63.2 Å². The van der Waals surface area contributed by atoms with Crippen LogP contribution in [0, 0.1) is 5.92 Å².